The summed E-state index contributed by atoms with van der Waals surface area (Å²) in [5.41, 5.74) is 0.746. The Labute approximate surface area is 704 Å². The number of hydroxylamine groups is 1. The molecule has 0 aromatic carbocycles. The van der Waals surface area contributed by atoms with Crippen LogP contribution in [-0.2, 0) is 71.7 Å². The van der Waals surface area contributed by atoms with Crippen molar-refractivity contribution in [2.75, 3.05) is 143 Å². The molecule has 16 atom stereocenters. The highest BCUT2D eigenvalue weighted by Crippen LogP contribution is 2.28. The number of nitrogens with one attached hydrogen (secondary N) is 14. The highest BCUT2D eigenvalue weighted by molar-refractivity contribution is 5.90. The highest BCUT2D eigenvalue weighted by atomic mass is 19.4. The molecule has 8 heterocycles. The molecule has 0 aliphatic carbocycles. The monoisotopic (exact) mass is 1760 g/mol. The van der Waals surface area contributed by atoms with Crippen molar-refractivity contribution in [3.63, 3.8) is 0 Å². The van der Waals surface area contributed by atoms with E-state index in [0.717, 1.165) is 103 Å². The van der Waals surface area contributed by atoms with Crippen molar-refractivity contribution in [1.82, 2.24) is 94.2 Å². The van der Waals surface area contributed by atoms with Crippen LogP contribution in [0.1, 0.15) is 144 Å². The van der Waals surface area contributed by atoms with Gasteiger partial charge >= 0.3 is 78.1 Å². The molecule has 121 heavy (non-hydrogen) atoms. The van der Waals surface area contributed by atoms with Crippen LogP contribution in [0.4, 0.5) is 35.9 Å². The quantitative estimate of drug-likeness (QED) is 0.0241. The van der Waals surface area contributed by atoms with E-state index in [-0.39, 0.29) is 99.4 Å². The first kappa shape index (κ1) is 111. The minimum Gasteiger partial charge on any atom is -0.480 e. The number of hydrogen-bond acceptors (Lipinski definition) is 30. The first-order valence-corrected chi connectivity index (χ1v) is 40.5. The number of halogens is 6. The Bertz CT molecular complexity index is 3070. The lowest BCUT2D eigenvalue weighted by atomic mass is 9.97. The van der Waals surface area contributed by atoms with Crippen molar-refractivity contribution in [1.29, 1.82) is 0 Å². The number of ether oxygens (including phenoxy) is 4. The number of carboxylic acids is 5. The van der Waals surface area contributed by atoms with Crippen molar-refractivity contribution in [2.45, 2.75) is 264 Å². The normalized spacial score (nSPS) is 26.9. The first-order chi connectivity index (χ1) is 56.5. The molecule has 0 aromatic rings. The number of carbonyl (C=O) groups excluding carboxylic acids is 7. The third-order valence-electron chi connectivity index (χ3n) is 20.9. The van der Waals surface area contributed by atoms with Gasteiger partial charge < -0.3 is 123 Å². The Hall–Kier alpha value is -7.74. The highest BCUT2D eigenvalue weighted by Gasteiger charge is 2.50. The summed E-state index contributed by atoms with van der Waals surface area (Å²) in [5.74, 6) is -9.87. The van der Waals surface area contributed by atoms with Crippen LogP contribution in [0.3, 0.4) is 0 Å². The molecular weight excluding hydrogens is 1620 g/mol. The maximum Gasteiger partial charge on any atom is 0.471 e. The summed E-state index contributed by atoms with van der Waals surface area (Å²) in [5, 5.41) is 82.9. The zero-order valence-electron chi connectivity index (χ0n) is 72.9. The molecule has 0 radical (unpaired) electrons. The average Bonchev–Trinajstić information content (AvgIpc) is 0.816. The lowest BCUT2D eigenvalue weighted by Gasteiger charge is -2.38. The number of carbonyl (C=O) groups is 12. The van der Waals surface area contributed by atoms with E-state index in [0.29, 0.717) is 65.8 Å². The van der Waals surface area contributed by atoms with Crippen molar-refractivity contribution in [3.8, 4) is 0 Å². The van der Waals surface area contributed by atoms with E-state index in [1.807, 2.05) is 52.7 Å². The number of alkyl carbamates (subject to hydrolysis) is 1. The van der Waals surface area contributed by atoms with Crippen molar-refractivity contribution < 1.29 is 133 Å². The van der Waals surface area contributed by atoms with Gasteiger partial charge in [0.05, 0.1) is 20.8 Å². The second kappa shape index (κ2) is 56.2. The van der Waals surface area contributed by atoms with Gasteiger partial charge in [-0.3, -0.25) is 53.0 Å². The Morgan fingerprint density at radius 3 is 0.942 bits per heavy atom. The van der Waals surface area contributed by atoms with Crippen LogP contribution >= 0.6 is 0 Å². The molecule has 5 amide bonds. The van der Waals surface area contributed by atoms with Gasteiger partial charge in [0.15, 0.2) is 0 Å². The molecule has 702 valence electrons. The number of likely N-dealkylation sites (tertiary alicyclic amines) is 4. The average molecular weight is 1760 g/mol. The number of esters is 2. The van der Waals surface area contributed by atoms with Gasteiger partial charge in [-0.05, 0) is 208 Å². The Morgan fingerprint density at radius 1 is 0.372 bits per heavy atom. The lowest BCUT2D eigenvalue weighted by Crippen LogP contribution is -2.59. The zero-order chi connectivity index (χ0) is 92.3. The molecule has 40 nitrogen and oxygen atoms in total. The van der Waals surface area contributed by atoms with Gasteiger partial charge in [0.25, 0.3) is 5.91 Å². The molecule has 8 aliphatic heterocycles. The minimum absolute atomic E-state index is 0.00683. The molecule has 0 saturated carbocycles. The van der Waals surface area contributed by atoms with Crippen molar-refractivity contribution in [2.24, 2.45) is 0 Å². The van der Waals surface area contributed by atoms with Gasteiger partial charge in [-0.25, -0.2) is 24.7 Å². The smallest absolute Gasteiger partial charge is 0.471 e. The molecule has 8 saturated heterocycles. The van der Waals surface area contributed by atoms with E-state index in [1.165, 1.54) is 19.1 Å². The largest absolute Gasteiger partial charge is 0.480 e. The SMILES string of the molecule is CN[C@@H]1CC[C@@H](C(=O)NOCCNC(=O)OC(C)(C)C)N(C(=O)C(F)(F)F)C1.CN[C@@H]1CC[C@@H](C(=O)O)N(C(=O)C(F)(F)F)C1.CN[C@@H]1CC[C@@H](C(=O)O)N(C(=O)OC(C)(C)C)C1.CN[C@@H]1CC[C@@H](C(=O)O)N(C)C1.CN[C@@H]1CC[C@@H](C(=O)O)NC1.CN[C@@H]1CC[C@@H](C(=O)O)NC1.CN[C@@H]1CC[C@@H](C(=O)OC)NC1.CN[C@@H]1CC[C@@H](C(=O)OC)NC1. The standard InChI is InChI=1S/C16H27F3N4O5.C12H22N2O4.C9H13F3N2O3.3C8H16N2O2.2C7H14N2O2/c1-15(2,3)28-14(26)21-7-8-27-22-12(24)11-6-5-10(20-4)9-23(11)13(25)16(17,18)19;1-12(2,3)18-11(17)14-7-8(13-4)5-6-9(14)10(15)16;1-13-5-2-3-6(7(15)16)14(4-5)8(17)9(10,11)12;2*1-9-6-3-4-7(10-5-6)8(11)12-2;1-9-6-3-4-7(8(11)12)10(2)5-6;2*1-8-5-2-3-6(7(10)11)9-4-5/h10-11,20H,5-9H2,1-4H3,(H,21,26)(H,22,24);8-9,13H,5-7H2,1-4H3,(H,15,16);5-6,13H,2-4H2,1H3,(H,15,16);2*6-7,9-10H,3-5H2,1-2H3;6-7,9H,3-5H2,1-2H3,(H,11,12);2*5-6,8-9H,2-4H2,1H3,(H,10,11)/t10-,11+;8-,9+;5-,6+;3*6-,7+;2*5-,6+/m11111111/s1. The maximum absolute atomic E-state index is 12.8. The number of methoxy groups -OCH3 is 2. The minimum atomic E-state index is -5.08. The molecule has 0 aromatic heterocycles. The topological polar surface area (TPSA) is 534 Å². The van der Waals surface area contributed by atoms with Gasteiger partial charge in [0, 0.05) is 107 Å². The summed E-state index contributed by atoms with van der Waals surface area (Å²) in [7, 11) is 19.2. The van der Waals surface area contributed by atoms with Crippen LogP contribution in [0.15, 0.2) is 0 Å². The number of hydrogen-bond donors (Lipinski definition) is 19. The van der Waals surface area contributed by atoms with Gasteiger partial charge in [-0.15, -0.1) is 0 Å². The summed E-state index contributed by atoms with van der Waals surface area (Å²) < 4.78 is 94.9. The molecule has 8 fully saturated rings. The summed E-state index contributed by atoms with van der Waals surface area (Å²) in [6.07, 6.45) is -0.416. The molecule has 8 aliphatic rings. The number of aliphatic carboxylic acids is 5. The fourth-order valence-corrected chi connectivity index (χ4v) is 13.6. The zero-order valence-corrected chi connectivity index (χ0v) is 72.9. The maximum atomic E-state index is 12.8. The lowest BCUT2D eigenvalue weighted by molar-refractivity contribution is -0.191. The fourth-order valence-electron chi connectivity index (χ4n) is 13.6. The van der Waals surface area contributed by atoms with E-state index in [2.05, 4.69) is 78.6 Å². The number of amides is 5. The first-order valence-electron chi connectivity index (χ1n) is 40.5. The summed E-state index contributed by atoms with van der Waals surface area (Å²) in [4.78, 5) is 143. The van der Waals surface area contributed by atoms with Gasteiger partial charge in [-0.2, -0.15) is 26.3 Å². The van der Waals surface area contributed by atoms with Gasteiger partial charge in [-0.1, -0.05) is 0 Å². The fraction of sp³-hybridized carbons (Fsp3) is 0.840. The van der Waals surface area contributed by atoms with Gasteiger partial charge in [0.2, 0.25) is 0 Å². The third-order valence-corrected chi connectivity index (χ3v) is 20.9. The Balaban J connectivity index is 0.000000708. The number of piperidine rings is 8. The second-order valence-electron chi connectivity index (χ2n) is 31.9. The Kier molecular flexibility index (Phi) is 51.7. The number of likely N-dealkylation sites (N-methyl/N-ethyl adjacent to an activating group) is 9. The summed E-state index contributed by atoms with van der Waals surface area (Å²) >= 11 is 0. The molecular formula is C75H138F6N18O22. The van der Waals surface area contributed by atoms with Crippen molar-refractivity contribution in [3.05, 3.63) is 0 Å². The van der Waals surface area contributed by atoms with Crippen molar-refractivity contribution >= 4 is 71.7 Å². The predicted molar refractivity (Wildman–Crippen MR) is 431 cm³/mol. The summed E-state index contributed by atoms with van der Waals surface area (Å²) in [6, 6.07) is -2.85. The van der Waals surface area contributed by atoms with E-state index in [1.54, 1.807) is 62.7 Å². The van der Waals surface area contributed by atoms with E-state index in [4.69, 9.17) is 39.8 Å². The van der Waals surface area contributed by atoms with E-state index < -0.39 is 101 Å². The molecule has 46 heteroatoms. The van der Waals surface area contributed by atoms with Crippen LogP contribution in [0.2, 0.25) is 0 Å². The number of nitrogens with zero attached hydrogens (tertiary/aromatic N) is 4. The van der Waals surface area contributed by atoms with E-state index in [9.17, 15) is 83.9 Å². The van der Waals surface area contributed by atoms with E-state index >= 15 is 0 Å². The predicted octanol–water partition coefficient (Wildman–Crippen LogP) is -0.455. The molecule has 0 spiro atoms. The number of rotatable bonds is 20. The number of carboxylic acid groups (broad SMARTS) is 5. The van der Waals surface area contributed by atoms with Crippen LogP contribution in [0, 0.1) is 0 Å². The third kappa shape index (κ3) is 42.9. The second-order valence-corrected chi connectivity index (χ2v) is 31.9. The van der Waals surface area contributed by atoms with Crippen LogP contribution in [-0.4, -0.2) is 380 Å². The molecule has 8 rings (SSSR count). The van der Waals surface area contributed by atoms with Crippen LogP contribution in [0.25, 0.3) is 0 Å². The molecule has 0 bridgehead atoms. The Morgan fingerprint density at radius 2 is 0.661 bits per heavy atom. The van der Waals surface area contributed by atoms with Gasteiger partial charge in [0.1, 0.15) is 59.5 Å². The van der Waals surface area contributed by atoms with Crippen LogP contribution < -0.4 is 74.6 Å². The number of alkyl halides is 6. The summed E-state index contributed by atoms with van der Waals surface area (Å²) in [6.45, 7) is 14.2. The molecule has 0 unspecified atom stereocenters. The van der Waals surface area contributed by atoms with Crippen LogP contribution in [0.5, 0.6) is 0 Å². The molecule has 19 N–H and O–H groups in total.